The lowest BCUT2D eigenvalue weighted by molar-refractivity contribution is -0.135. The van der Waals surface area contributed by atoms with E-state index in [1.54, 1.807) is 6.92 Å². The van der Waals surface area contributed by atoms with Crippen molar-refractivity contribution in [2.24, 2.45) is 35.0 Å². The lowest BCUT2D eigenvalue weighted by Crippen LogP contribution is -2.47. The van der Waals surface area contributed by atoms with E-state index in [2.05, 4.69) is 13.8 Å². The minimum absolute atomic E-state index is 0.229. The van der Waals surface area contributed by atoms with Crippen LogP contribution in [0.3, 0.4) is 0 Å². The van der Waals surface area contributed by atoms with Gasteiger partial charge in [0.15, 0.2) is 0 Å². The number of Topliss-reactive ketones (excluding diaryl/α,β-unsaturated/α-hetero) is 2. The van der Waals surface area contributed by atoms with Crippen LogP contribution in [0.25, 0.3) is 0 Å². The van der Waals surface area contributed by atoms with Crippen LogP contribution in [-0.2, 0) is 9.59 Å². The molecule has 0 spiro atoms. The molecule has 0 bridgehead atoms. The Morgan fingerprint density at radius 2 is 1.89 bits per heavy atom. The Morgan fingerprint density at radius 3 is 2.58 bits per heavy atom. The average Bonchev–Trinajstić information content (AvgIpc) is 2.71. The molecule has 19 heavy (non-hydrogen) atoms. The highest BCUT2D eigenvalue weighted by molar-refractivity contribution is 5.82. The van der Waals surface area contributed by atoms with Crippen molar-refractivity contribution in [2.75, 3.05) is 0 Å². The summed E-state index contributed by atoms with van der Waals surface area (Å²) in [5, 5.41) is 0. The number of carbonyl (C=O) groups excluding carboxylic acids is 2. The van der Waals surface area contributed by atoms with E-state index in [1.165, 1.54) is 6.42 Å². The van der Waals surface area contributed by atoms with E-state index in [0.29, 0.717) is 29.3 Å². The monoisotopic (exact) mass is 262 g/mol. The van der Waals surface area contributed by atoms with Crippen LogP contribution < -0.4 is 0 Å². The van der Waals surface area contributed by atoms with Crippen LogP contribution >= 0.6 is 0 Å². The molecule has 3 saturated carbocycles. The van der Waals surface area contributed by atoms with Gasteiger partial charge in [0.1, 0.15) is 11.6 Å². The van der Waals surface area contributed by atoms with Crippen molar-refractivity contribution >= 4 is 11.6 Å². The number of hydrogen-bond acceptors (Lipinski definition) is 2. The van der Waals surface area contributed by atoms with Crippen LogP contribution in [-0.4, -0.2) is 11.6 Å². The van der Waals surface area contributed by atoms with E-state index < -0.39 is 0 Å². The molecule has 3 aliphatic carbocycles. The number of rotatable bonds is 1. The van der Waals surface area contributed by atoms with Crippen LogP contribution in [0.1, 0.15) is 59.3 Å². The number of fused-ring (bicyclic) bond motifs is 3. The maximum absolute atomic E-state index is 11.9. The molecule has 3 fully saturated rings. The van der Waals surface area contributed by atoms with E-state index in [1.807, 2.05) is 0 Å². The Labute approximate surface area is 116 Å². The van der Waals surface area contributed by atoms with E-state index in [4.69, 9.17) is 0 Å². The summed E-state index contributed by atoms with van der Waals surface area (Å²) in [7, 11) is 0. The molecule has 0 aromatic heterocycles. The van der Waals surface area contributed by atoms with Gasteiger partial charge >= 0.3 is 0 Å². The Morgan fingerprint density at radius 1 is 1.16 bits per heavy atom. The van der Waals surface area contributed by atoms with Crippen molar-refractivity contribution in [2.45, 2.75) is 59.3 Å². The SMILES string of the molecule is CC(=O)[C@H]1CC[C@H]2[C@@H]3CCC(=O)C(C)[C@H]3CC[C@]12C. The van der Waals surface area contributed by atoms with Gasteiger partial charge in [-0.2, -0.15) is 0 Å². The van der Waals surface area contributed by atoms with Gasteiger partial charge in [-0.05, 0) is 62.2 Å². The van der Waals surface area contributed by atoms with Gasteiger partial charge in [0.25, 0.3) is 0 Å². The van der Waals surface area contributed by atoms with Crippen molar-refractivity contribution in [1.82, 2.24) is 0 Å². The molecule has 1 unspecified atom stereocenters. The Kier molecular flexibility index (Phi) is 3.11. The van der Waals surface area contributed by atoms with Crippen molar-refractivity contribution in [1.29, 1.82) is 0 Å². The molecule has 3 aliphatic rings. The first kappa shape index (κ1) is 13.3. The maximum Gasteiger partial charge on any atom is 0.135 e. The lowest BCUT2D eigenvalue weighted by atomic mass is 9.53. The summed E-state index contributed by atoms with van der Waals surface area (Å²) >= 11 is 0. The molecule has 2 nitrogen and oxygen atoms in total. The molecule has 0 N–H and O–H groups in total. The van der Waals surface area contributed by atoms with E-state index >= 15 is 0 Å². The van der Waals surface area contributed by atoms with Crippen molar-refractivity contribution in [3.63, 3.8) is 0 Å². The molecule has 2 heteroatoms. The third kappa shape index (κ3) is 1.82. The quantitative estimate of drug-likeness (QED) is 0.723. The maximum atomic E-state index is 11.9. The van der Waals surface area contributed by atoms with Gasteiger partial charge in [0, 0.05) is 18.3 Å². The van der Waals surface area contributed by atoms with Gasteiger partial charge in [0.2, 0.25) is 0 Å². The molecular weight excluding hydrogens is 236 g/mol. The summed E-state index contributed by atoms with van der Waals surface area (Å²) in [6.45, 7) is 6.27. The van der Waals surface area contributed by atoms with Crippen molar-refractivity contribution in [3.8, 4) is 0 Å². The van der Waals surface area contributed by atoms with E-state index in [0.717, 1.165) is 32.1 Å². The second-order valence-corrected chi connectivity index (χ2v) is 7.51. The second kappa shape index (κ2) is 4.43. The fourth-order valence-corrected chi connectivity index (χ4v) is 5.80. The average molecular weight is 262 g/mol. The van der Waals surface area contributed by atoms with Gasteiger partial charge in [0.05, 0.1) is 0 Å². The number of hydrogen-bond donors (Lipinski definition) is 0. The number of ketones is 2. The first-order valence-electron chi connectivity index (χ1n) is 7.98. The smallest absolute Gasteiger partial charge is 0.135 e. The zero-order valence-electron chi connectivity index (χ0n) is 12.4. The highest BCUT2D eigenvalue weighted by atomic mass is 16.1. The third-order valence-electron chi connectivity index (χ3n) is 6.86. The Bertz CT molecular complexity index is 413. The molecule has 0 aromatic rings. The first-order chi connectivity index (χ1) is 8.95. The molecule has 0 heterocycles. The third-order valence-corrected chi connectivity index (χ3v) is 6.86. The standard InChI is InChI=1S/C17H26O2/c1-10-12-8-9-17(3)14(11(2)18)5-6-15(17)13(12)4-7-16(10)19/h10,12-15H,4-9H2,1-3H3/t10?,12-,13-,14-,15+,17-/m1/s1. The zero-order chi connectivity index (χ0) is 13.8. The molecule has 0 radical (unpaired) electrons. The predicted molar refractivity (Wildman–Crippen MR) is 74.6 cm³/mol. The Hall–Kier alpha value is -0.660. The van der Waals surface area contributed by atoms with Gasteiger partial charge in [-0.1, -0.05) is 13.8 Å². The summed E-state index contributed by atoms with van der Waals surface area (Å²) in [5.41, 5.74) is 0.229. The van der Waals surface area contributed by atoms with Crippen LogP contribution in [0.2, 0.25) is 0 Å². The van der Waals surface area contributed by atoms with E-state index in [9.17, 15) is 9.59 Å². The van der Waals surface area contributed by atoms with Gasteiger partial charge in [-0.3, -0.25) is 9.59 Å². The minimum Gasteiger partial charge on any atom is -0.300 e. The molecule has 0 amide bonds. The van der Waals surface area contributed by atoms with Crippen LogP contribution in [0.5, 0.6) is 0 Å². The Balaban J connectivity index is 1.88. The second-order valence-electron chi connectivity index (χ2n) is 7.51. The number of carbonyl (C=O) groups is 2. The summed E-state index contributed by atoms with van der Waals surface area (Å²) in [4.78, 5) is 23.9. The summed E-state index contributed by atoms with van der Waals surface area (Å²) < 4.78 is 0. The highest BCUT2D eigenvalue weighted by Gasteiger charge is 2.56. The molecule has 6 atom stereocenters. The van der Waals surface area contributed by atoms with Crippen LogP contribution in [0.15, 0.2) is 0 Å². The largest absolute Gasteiger partial charge is 0.300 e. The van der Waals surface area contributed by atoms with Gasteiger partial charge in [-0.15, -0.1) is 0 Å². The fourth-order valence-electron chi connectivity index (χ4n) is 5.80. The lowest BCUT2D eigenvalue weighted by Gasteiger charge is -2.51. The molecular formula is C17H26O2. The summed E-state index contributed by atoms with van der Waals surface area (Å²) in [6.07, 6.45) is 6.47. The van der Waals surface area contributed by atoms with Crippen molar-refractivity contribution < 1.29 is 9.59 Å². The normalized spacial score (nSPS) is 49.6. The minimum atomic E-state index is 0.229. The highest BCUT2D eigenvalue weighted by Crippen LogP contribution is 2.62. The van der Waals surface area contributed by atoms with Crippen LogP contribution in [0.4, 0.5) is 0 Å². The zero-order valence-corrected chi connectivity index (χ0v) is 12.4. The molecule has 0 aromatic carbocycles. The first-order valence-corrected chi connectivity index (χ1v) is 7.98. The van der Waals surface area contributed by atoms with Crippen molar-refractivity contribution in [3.05, 3.63) is 0 Å². The topological polar surface area (TPSA) is 34.1 Å². The molecule has 0 saturated heterocycles. The van der Waals surface area contributed by atoms with Crippen LogP contribution in [0, 0.1) is 35.0 Å². The van der Waals surface area contributed by atoms with Gasteiger partial charge < -0.3 is 0 Å². The fraction of sp³-hybridized carbons (Fsp3) is 0.882. The summed E-state index contributed by atoms with van der Waals surface area (Å²) in [6, 6.07) is 0. The predicted octanol–water partition coefficient (Wildman–Crippen LogP) is 3.63. The molecule has 0 aliphatic heterocycles. The summed E-state index contributed by atoms with van der Waals surface area (Å²) in [5.74, 6) is 3.41. The van der Waals surface area contributed by atoms with Gasteiger partial charge in [-0.25, -0.2) is 0 Å². The molecule has 3 rings (SSSR count). The van der Waals surface area contributed by atoms with E-state index in [-0.39, 0.29) is 17.3 Å². The molecule has 106 valence electrons.